The quantitative estimate of drug-likeness (QED) is 0.738. The minimum atomic E-state index is -0.133. The molecule has 29 heavy (non-hydrogen) atoms. The van der Waals surface area contributed by atoms with Crippen LogP contribution in [0.5, 0.6) is 17.2 Å². The predicted molar refractivity (Wildman–Crippen MR) is 113 cm³/mol. The van der Waals surface area contributed by atoms with E-state index in [0.29, 0.717) is 35.5 Å². The van der Waals surface area contributed by atoms with Gasteiger partial charge in [-0.3, -0.25) is 9.69 Å². The zero-order valence-electron chi connectivity index (χ0n) is 17.6. The van der Waals surface area contributed by atoms with Crippen molar-refractivity contribution in [2.75, 3.05) is 27.3 Å². The van der Waals surface area contributed by atoms with Crippen molar-refractivity contribution in [3.8, 4) is 17.2 Å². The van der Waals surface area contributed by atoms with E-state index in [0.717, 1.165) is 25.1 Å². The molecule has 2 aromatic carbocycles. The van der Waals surface area contributed by atoms with Gasteiger partial charge in [0.15, 0.2) is 11.5 Å². The molecule has 1 heterocycles. The molecule has 0 aromatic heterocycles. The van der Waals surface area contributed by atoms with E-state index in [1.165, 1.54) is 0 Å². The summed E-state index contributed by atoms with van der Waals surface area (Å²) in [6.45, 7) is 6.60. The lowest BCUT2D eigenvalue weighted by Gasteiger charge is -2.21. The lowest BCUT2D eigenvalue weighted by molar-refractivity contribution is 0.0935. The lowest BCUT2D eigenvalue weighted by Crippen LogP contribution is -2.38. The van der Waals surface area contributed by atoms with Crippen LogP contribution >= 0.6 is 0 Å². The highest BCUT2D eigenvalue weighted by atomic mass is 16.5. The van der Waals surface area contributed by atoms with E-state index in [1.54, 1.807) is 26.4 Å². The predicted octanol–water partition coefficient (Wildman–Crippen LogP) is 3.50. The number of ether oxygens (including phenoxy) is 3. The van der Waals surface area contributed by atoms with E-state index in [-0.39, 0.29) is 11.9 Å². The second kappa shape index (κ2) is 9.65. The van der Waals surface area contributed by atoms with Crippen LogP contribution in [0.2, 0.25) is 0 Å². The number of nitrogens with one attached hydrogen (secondary N) is 1. The van der Waals surface area contributed by atoms with Crippen LogP contribution in [0.25, 0.3) is 0 Å². The fourth-order valence-electron chi connectivity index (χ4n) is 3.53. The molecule has 0 radical (unpaired) electrons. The molecular formula is C23H30N2O4. The molecule has 1 amide bonds. The summed E-state index contributed by atoms with van der Waals surface area (Å²) >= 11 is 0. The number of hydrogen-bond donors (Lipinski definition) is 1. The standard InChI is InChI=1S/C23H30N2O4/c1-16(2)25-11-10-19(14-25)24-23(26)18-12-20(27-3)22(21(13-18)28-4)29-15-17-8-6-5-7-9-17/h5-9,12-13,16,19H,10-11,14-15H2,1-4H3,(H,24,26). The molecule has 1 unspecified atom stereocenters. The first kappa shape index (κ1) is 21.0. The van der Waals surface area contributed by atoms with Crippen LogP contribution in [-0.4, -0.2) is 50.2 Å². The molecule has 1 N–H and O–H groups in total. The Morgan fingerprint density at radius 3 is 2.34 bits per heavy atom. The highest BCUT2D eigenvalue weighted by Gasteiger charge is 2.26. The Morgan fingerprint density at radius 1 is 1.14 bits per heavy atom. The SMILES string of the molecule is COc1cc(C(=O)NC2CCN(C(C)C)C2)cc(OC)c1OCc1ccccc1. The zero-order chi connectivity index (χ0) is 20.8. The summed E-state index contributed by atoms with van der Waals surface area (Å²) in [5, 5.41) is 3.13. The lowest BCUT2D eigenvalue weighted by atomic mass is 10.1. The van der Waals surface area contributed by atoms with E-state index in [4.69, 9.17) is 14.2 Å². The second-order valence-corrected chi connectivity index (χ2v) is 7.53. The Labute approximate surface area is 172 Å². The van der Waals surface area contributed by atoms with Gasteiger partial charge < -0.3 is 19.5 Å². The maximum atomic E-state index is 12.8. The Hall–Kier alpha value is -2.73. The molecule has 3 rings (SSSR count). The number of nitrogens with zero attached hydrogens (tertiary/aromatic N) is 1. The van der Waals surface area contributed by atoms with Crippen molar-refractivity contribution in [1.29, 1.82) is 0 Å². The monoisotopic (exact) mass is 398 g/mol. The number of benzene rings is 2. The van der Waals surface area contributed by atoms with Gasteiger partial charge in [-0.05, 0) is 38.0 Å². The third-order valence-corrected chi connectivity index (χ3v) is 5.23. The van der Waals surface area contributed by atoms with Gasteiger partial charge in [-0.2, -0.15) is 0 Å². The maximum Gasteiger partial charge on any atom is 0.251 e. The molecule has 0 aliphatic carbocycles. The van der Waals surface area contributed by atoms with Crippen LogP contribution in [0.1, 0.15) is 36.2 Å². The van der Waals surface area contributed by atoms with E-state index in [2.05, 4.69) is 24.1 Å². The Bertz CT molecular complexity index is 798. The van der Waals surface area contributed by atoms with Crippen LogP contribution in [0.4, 0.5) is 0 Å². The van der Waals surface area contributed by atoms with Gasteiger partial charge in [0.05, 0.1) is 14.2 Å². The molecule has 0 saturated carbocycles. The molecule has 0 bridgehead atoms. The summed E-state index contributed by atoms with van der Waals surface area (Å²) in [7, 11) is 3.12. The first-order chi connectivity index (χ1) is 14.0. The van der Waals surface area contributed by atoms with Crippen molar-refractivity contribution in [3.05, 3.63) is 53.6 Å². The third-order valence-electron chi connectivity index (χ3n) is 5.23. The number of amides is 1. The average Bonchev–Trinajstić information content (AvgIpc) is 3.21. The molecular weight excluding hydrogens is 368 g/mol. The number of methoxy groups -OCH3 is 2. The molecule has 1 aliphatic rings. The number of rotatable bonds is 8. The van der Waals surface area contributed by atoms with Gasteiger partial charge in [-0.15, -0.1) is 0 Å². The normalized spacial score (nSPS) is 16.7. The topological polar surface area (TPSA) is 60.0 Å². The molecule has 0 spiro atoms. The fraction of sp³-hybridized carbons (Fsp3) is 0.435. The summed E-state index contributed by atoms with van der Waals surface area (Å²) in [5.41, 5.74) is 1.53. The molecule has 1 fully saturated rings. The van der Waals surface area contributed by atoms with Gasteiger partial charge in [0.2, 0.25) is 5.75 Å². The summed E-state index contributed by atoms with van der Waals surface area (Å²) in [6.07, 6.45) is 0.955. The van der Waals surface area contributed by atoms with Crippen molar-refractivity contribution in [3.63, 3.8) is 0 Å². The van der Waals surface area contributed by atoms with Gasteiger partial charge >= 0.3 is 0 Å². The molecule has 2 aromatic rings. The Morgan fingerprint density at radius 2 is 1.79 bits per heavy atom. The molecule has 1 saturated heterocycles. The van der Waals surface area contributed by atoms with Gasteiger partial charge in [0.1, 0.15) is 6.61 Å². The number of likely N-dealkylation sites (tertiary alicyclic amines) is 1. The van der Waals surface area contributed by atoms with Crippen LogP contribution in [0.15, 0.2) is 42.5 Å². The van der Waals surface area contributed by atoms with Crippen molar-refractivity contribution >= 4 is 5.91 Å². The maximum absolute atomic E-state index is 12.8. The second-order valence-electron chi connectivity index (χ2n) is 7.53. The van der Waals surface area contributed by atoms with Gasteiger partial charge in [0.25, 0.3) is 5.91 Å². The summed E-state index contributed by atoms with van der Waals surface area (Å²) in [5.74, 6) is 1.30. The number of hydrogen-bond acceptors (Lipinski definition) is 5. The van der Waals surface area contributed by atoms with Crippen molar-refractivity contribution < 1.29 is 19.0 Å². The Kier molecular flexibility index (Phi) is 6.99. The highest BCUT2D eigenvalue weighted by Crippen LogP contribution is 2.39. The first-order valence-corrected chi connectivity index (χ1v) is 9.99. The van der Waals surface area contributed by atoms with Gasteiger partial charge in [0, 0.05) is 30.7 Å². The van der Waals surface area contributed by atoms with Gasteiger partial charge in [-0.25, -0.2) is 0 Å². The van der Waals surface area contributed by atoms with Crippen molar-refractivity contribution in [2.24, 2.45) is 0 Å². The van der Waals surface area contributed by atoms with Crippen LogP contribution < -0.4 is 19.5 Å². The van der Waals surface area contributed by atoms with Gasteiger partial charge in [-0.1, -0.05) is 30.3 Å². The molecule has 1 atom stereocenters. The minimum Gasteiger partial charge on any atom is -0.493 e. The summed E-state index contributed by atoms with van der Waals surface area (Å²) in [4.78, 5) is 15.2. The van der Waals surface area contributed by atoms with Crippen LogP contribution in [0.3, 0.4) is 0 Å². The third kappa shape index (κ3) is 5.21. The molecule has 6 heteroatoms. The van der Waals surface area contributed by atoms with Crippen molar-refractivity contribution in [1.82, 2.24) is 10.2 Å². The van der Waals surface area contributed by atoms with Crippen LogP contribution in [-0.2, 0) is 6.61 Å². The van der Waals surface area contributed by atoms with E-state index >= 15 is 0 Å². The van der Waals surface area contributed by atoms with E-state index in [9.17, 15) is 4.79 Å². The largest absolute Gasteiger partial charge is 0.493 e. The fourth-order valence-corrected chi connectivity index (χ4v) is 3.53. The molecule has 156 valence electrons. The first-order valence-electron chi connectivity index (χ1n) is 9.99. The average molecular weight is 399 g/mol. The smallest absolute Gasteiger partial charge is 0.251 e. The number of carbonyl (C=O) groups excluding carboxylic acids is 1. The van der Waals surface area contributed by atoms with Crippen LogP contribution in [0, 0.1) is 0 Å². The van der Waals surface area contributed by atoms with E-state index < -0.39 is 0 Å². The minimum absolute atomic E-state index is 0.133. The summed E-state index contributed by atoms with van der Waals surface area (Å²) < 4.78 is 16.9. The van der Waals surface area contributed by atoms with E-state index in [1.807, 2.05) is 30.3 Å². The molecule has 1 aliphatic heterocycles. The molecule has 6 nitrogen and oxygen atoms in total. The highest BCUT2D eigenvalue weighted by molar-refractivity contribution is 5.95. The number of carbonyl (C=O) groups is 1. The van der Waals surface area contributed by atoms with Crippen molar-refractivity contribution in [2.45, 2.75) is 39.0 Å². The summed E-state index contributed by atoms with van der Waals surface area (Å²) in [6, 6.07) is 13.9. The Balaban J connectivity index is 1.74. The zero-order valence-corrected chi connectivity index (χ0v) is 17.6.